The van der Waals surface area contributed by atoms with Gasteiger partial charge in [-0.3, -0.25) is 14.4 Å². The van der Waals surface area contributed by atoms with Gasteiger partial charge in [0, 0.05) is 24.3 Å². The maximum absolute atomic E-state index is 13.7. The Kier molecular flexibility index (Phi) is 13.8. The minimum absolute atomic E-state index is 0.00492. The van der Waals surface area contributed by atoms with Crippen molar-refractivity contribution >= 4 is 23.1 Å². The number of rotatable bonds is 13. The molecule has 2 aromatic rings. The Morgan fingerprint density at radius 1 is 0.927 bits per heavy atom. The highest BCUT2D eigenvalue weighted by atomic mass is 16.1. The molecule has 0 aromatic heterocycles. The molecule has 0 radical (unpaired) electrons. The molecule has 0 bridgehead atoms. The van der Waals surface area contributed by atoms with Crippen molar-refractivity contribution in [3.63, 3.8) is 0 Å². The van der Waals surface area contributed by atoms with Gasteiger partial charge in [-0.05, 0) is 93.0 Å². The van der Waals surface area contributed by atoms with E-state index in [1.807, 2.05) is 13.8 Å². The number of benzene rings is 2. The molecule has 3 unspecified atom stereocenters. The number of carbonyl (C=O) groups excluding carboxylic acids is 4. The Morgan fingerprint density at radius 2 is 1.56 bits per heavy atom. The summed E-state index contributed by atoms with van der Waals surface area (Å²) in [5, 5.41) is 0. The van der Waals surface area contributed by atoms with Crippen LogP contribution in [0.1, 0.15) is 126 Å². The van der Waals surface area contributed by atoms with Crippen LogP contribution < -0.4 is 0 Å². The summed E-state index contributed by atoms with van der Waals surface area (Å²) in [5.41, 5.74) is 7.40. The lowest BCUT2D eigenvalue weighted by Gasteiger charge is -2.33. The topological polar surface area (TPSA) is 68.3 Å². The monoisotopic (exact) mass is 560 g/mol. The Labute approximate surface area is 248 Å². The normalized spacial score (nSPS) is 15.8. The summed E-state index contributed by atoms with van der Waals surface area (Å²) in [6, 6.07) is 10.6. The van der Waals surface area contributed by atoms with Crippen molar-refractivity contribution in [2.45, 2.75) is 120 Å². The van der Waals surface area contributed by atoms with Crippen LogP contribution in [0.3, 0.4) is 0 Å². The van der Waals surface area contributed by atoms with Crippen LogP contribution in [0, 0.1) is 31.6 Å². The Balaban J connectivity index is 0.00000187. The third-order valence-corrected chi connectivity index (χ3v) is 8.30. The highest BCUT2D eigenvalue weighted by Gasteiger charge is 2.34. The maximum Gasteiger partial charge on any atom is 0.163 e. The fourth-order valence-electron chi connectivity index (χ4n) is 6.42. The van der Waals surface area contributed by atoms with Crippen LogP contribution in [0.5, 0.6) is 0 Å². The molecule has 0 saturated heterocycles. The van der Waals surface area contributed by atoms with E-state index in [-0.39, 0.29) is 47.3 Å². The second-order valence-electron chi connectivity index (χ2n) is 12.2. The van der Waals surface area contributed by atoms with Crippen molar-refractivity contribution in [3.05, 3.63) is 58.1 Å². The molecule has 0 fully saturated rings. The smallest absolute Gasteiger partial charge is 0.163 e. The van der Waals surface area contributed by atoms with Crippen molar-refractivity contribution in [3.8, 4) is 11.1 Å². The van der Waals surface area contributed by atoms with Crippen LogP contribution in [0.15, 0.2) is 30.3 Å². The summed E-state index contributed by atoms with van der Waals surface area (Å²) >= 11 is 0. The van der Waals surface area contributed by atoms with Crippen molar-refractivity contribution < 1.29 is 19.2 Å². The summed E-state index contributed by atoms with van der Waals surface area (Å²) < 4.78 is 0. The zero-order valence-electron chi connectivity index (χ0n) is 26.8. The summed E-state index contributed by atoms with van der Waals surface area (Å²) in [7, 11) is 0. The molecule has 0 aliphatic heterocycles. The fourth-order valence-corrected chi connectivity index (χ4v) is 6.42. The van der Waals surface area contributed by atoms with E-state index in [0.29, 0.717) is 19.3 Å². The highest BCUT2D eigenvalue weighted by molar-refractivity contribution is 6.02. The van der Waals surface area contributed by atoms with Gasteiger partial charge < -0.3 is 4.79 Å². The first-order chi connectivity index (χ1) is 19.5. The van der Waals surface area contributed by atoms with Gasteiger partial charge >= 0.3 is 0 Å². The number of aryl methyl sites for hydroxylation is 2. The van der Waals surface area contributed by atoms with Crippen LogP contribution in [0.2, 0.25) is 0 Å². The summed E-state index contributed by atoms with van der Waals surface area (Å²) in [4.78, 5) is 50.1. The SMILES string of the molecule is CCC.CCCC(CC1CC(=O)c2c(C)c(CCC(C)=O)cc(-c3ccc(C)cc3)c2C1)C(CC)C(=O)CC(C)=O. The third-order valence-electron chi connectivity index (χ3n) is 8.30. The molecule has 0 spiro atoms. The van der Waals surface area contributed by atoms with Gasteiger partial charge in [0.2, 0.25) is 0 Å². The van der Waals surface area contributed by atoms with E-state index in [9.17, 15) is 19.2 Å². The highest BCUT2D eigenvalue weighted by Crippen LogP contribution is 2.41. The van der Waals surface area contributed by atoms with Gasteiger partial charge in [-0.2, -0.15) is 0 Å². The first-order valence-electron chi connectivity index (χ1n) is 15.7. The van der Waals surface area contributed by atoms with Crippen LogP contribution >= 0.6 is 0 Å². The molecular formula is C37H52O4. The van der Waals surface area contributed by atoms with Gasteiger partial charge in [0.1, 0.15) is 17.3 Å². The third kappa shape index (κ3) is 9.58. The van der Waals surface area contributed by atoms with E-state index in [1.54, 1.807) is 6.92 Å². The molecule has 1 aliphatic carbocycles. The standard InChI is InChI=1S/C34H44O4.C3H8/c1-7-9-28(29(8-2)32(37)16-23(5)36)17-25-18-31-30(26-13-10-21(3)11-14-26)20-27(15-12-22(4)35)24(6)34(31)33(38)19-25;1-3-2/h10-11,13-14,20,25,28-29H,7-9,12,15-19H2,1-6H3;3H2,1-2H3. The Bertz CT molecular complexity index is 1200. The predicted octanol–water partition coefficient (Wildman–Crippen LogP) is 9.03. The number of hydrogen-bond acceptors (Lipinski definition) is 4. The van der Waals surface area contributed by atoms with Crippen molar-refractivity contribution in [2.75, 3.05) is 0 Å². The van der Waals surface area contributed by atoms with Crippen LogP contribution in [-0.4, -0.2) is 23.1 Å². The first kappa shape index (κ1) is 34.3. The predicted molar refractivity (Wildman–Crippen MR) is 170 cm³/mol. The molecule has 3 atom stereocenters. The summed E-state index contributed by atoms with van der Waals surface area (Å²) in [5.74, 6) is 0.494. The molecule has 2 aromatic carbocycles. The Hall–Kier alpha value is -2.88. The fraction of sp³-hybridized carbons (Fsp3) is 0.568. The van der Waals surface area contributed by atoms with E-state index in [4.69, 9.17) is 0 Å². The second kappa shape index (κ2) is 16.5. The zero-order valence-corrected chi connectivity index (χ0v) is 26.8. The molecular weight excluding hydrogens is 508 g/mol. The number of carbonyl (C=O) groups is 4. The maximum atomic E-state index is 13.7. The van der Waals surface area contributed by atoms with E-state index < -0.39 is 0 Å². The van der Waals surface area contributed by atoms with Gasteiger partial charge in [0.05, 0.1) is 6.42 Å². The molecule has 0 N–H and O–H groups in total. The molecule has 3 rings (SSSR count). The number of Topliss-reactive ketones (excluding diaryl/α,β-unsaturated/α-hetero) is 4. The van der Waals surface area contributed by atoms with Crippen molar-refractivity contribution in [1.29, 1.82) is 0 Å². The Morgan fingerprint density at radius 3 is 2.10 bits per heavy atom. The largest absolute Gasteiger partial charge is 0.300 e. The van der Waals surface area contributed by atoms with Crippen LogP contribution in [-0.2, 0) is 27.2 Å². The molecule has 4 nitrogen and oxygen atoms in total. The van der Waals surface area contributed by atoms with Crippen molar-refractivity contribution in [2.24, 2.45) is 17.8 Å². The van der Waals surface area contributed by atoms with Gasteiger partial charge in [-0.15, -0.1) is 0 Å². The minimum atomic E-state index is -0.136. The first-order valence-corrected chi connectivity index (χ1v) is 15.7. The second-order valence-corrected chi connectivity index (χ2v) is 12.2. The van der Waals surface area contributed by atoms with E-state index in [2.05, 4.69) is 58.0 Å². The number of fused-ring (bicyclic) bond motifs is 1. The molecule has 0 amide bonds. The molecule has 4 heteroatoms. The van der Waals surface area contributed by atoms with Gasteiger partial charge in [-0.25, -0.2) is 0 Å². The molecule has 41 heavy (non-hydrogen) atoms. The van der Waals surface area contributed by atoms with Crippen molar-refractivity contribution in [1.82, 2.24) is 0 Å². The minimum Gasteiger partial charge on any atom is -0.300 e. The average Bonchev–Trinajstić information content (AvgIpc) is 2.89. The van der Waals surface area contributed by atoms with E-state index >= 15 is 0 Å². The molecule has 0 saturated carbocycles. The van der Waals surface area contributed by atoms with Crippen LogP contribution in [0.4, 0.5) is 0 Å². The zero-order chi connectivity index (χ0) is 30.7. The lowest BCUT2D eigenvalue weighted by molar-refractivity contribution is -0.130. The quantitative estimate of drug-likeness (QED) is 0.229. The summed E-state index contributed by atoms with van der Waals surface area (Å²) in [6.45, 7) is 15.6. The van der Waals surface area contributed by atoms with Gasteiger partial charge in [0.25, 0.3) is 0 Å². The van der Waals surface area contributed by atoms with Crippen LogP contribution in [0.25, 0.3) is 11.1 Å². The summed E-state index contributed by atoms with van der Waals surface area (Å²) in [6.07, 6.45) is 7.08. The van der Waals surface area contributed by atoms with E-state index in [0.717, 1.165) is 65.5 Å². The lowest BCUT2D eigenvalue weighted by atomic mass is 9.70. The van der Waals surface area contributed by atoms with Gasteiger partial charge in [-0.1, -0.05) is 82.9 Å². The van der Waals surface area contributed by atoms with E-state index in [1.165, 1.54) is 18.9 Å². The number of hydrogen-bond donors (Lipinski definition) is 0. The molecule has 1 aliphatic rings. The number of ketones is 4. The lowest BCUT2D eigenvalue weighted by Crippen LogP contribution is -2.30. The average molecular weight is 561 g/mol. The molecule has 0 heterocycles. The van der Waals surface area contributed by atoms with Gasteiger partial charge in [0.15, 0.2) is 5.78 Å². The molecule has 224 valence electrons.